The van der Waals surface area contributed by atoms with Gasteiger partial charge < -0.3 is 15.7 Å². The highest BCUT2D eigenvalue weighted by Gasteiger charge is 2.30. The van der Waals surface area contributed by atoms with Crippen molar-refractivity contribution in [3.63, 3.8) is 0 Å². The van der Waals surface area contributed by atoms with Gasteiger partial charge in [0, 0.05) is 5.69 Å². The van der Waals surface area contributed by atoms with Crippen molar-refractivity contribution < 1.29 is 27.5 Å². The Morgan fingerprint density at radius 3 is 2.61 bits per heavy atom. The molecule has 0 saturated heterocycles. The molecule has 33 heavy (non-hydrogen) atoms. The first-order chi connectivity index (χ1) is 15.6. The summed E-state index contributed by atoms with van der Waals surface area (Å²) in [4.78, 5) is 22.5. The molecule has 0 radical (unpaired) electrons. The van der Waals surface area contributed by atoms with Gasteiger partial charge in [-0.15, -0.1) is 0 Å². The third-order valence-corrected chi connectivity index (χ3v) is 4.09. The molecule has 3 aromatic rings. The highest BCUT2D eigenvalue weighted by Crippen LogP contribution is 2.31. The SMILES string of the molecule is CC(Nc1nc(N/N=C/c2ccc(Nc3cccc(C(F)(F)F)c3)cn2)ncc1F)C(=O)O. The van der Waals surface area contributed by atoms with Gasteiger partial charge in [0.05, 0.1) is 35.6 Å². The van der Waals surface area contributed by atoms with E-state index in [1.807, 2.05) is 0 Å². The number of nitrogens with zero attached hydrogens (tertiary/aromatic N) is 4. The van der Waals surface area contributed by atoms with E-state index in [-0.39, 0.29) is 17.5 Å². The van der Waals surface area contributed by atoms with E-state index in [1.54, 1.807) is 12.1 Å². The third-order valence-electron chi connectivity index (χ3n) is 4.09. The number of rotatable bonds is 8. The second-order valence-electron chi connectivity index (χ2n) is 6.64. The predicted octanol–water partition coefficient (Wildman–Crippen LogP) is 4.10. The first-order valence-electron chi connectivity index (χ1n) is 9.33. The van der Waals surface area contributed by atoms with Gasteiger partial charge in [-0.1, -0.05) is 6.07 Å². The molecular formula is C20H17F4N7O2. The molecule has 2 heterocycles. The fourth-order valence-electron chi connectivity index (χ4n) is 2.44. The summed E-state index contributed by atoms with van der Waals surface area (Å²) in [5, 5.41) is 18.0. The molecule has 0 aliphatic rings. The topological polar surface area (TPSA) is 124 Å². The van der Waals surface area contributed by atoms with Crippen LogP contribution in [0.2, 0.25) is 0 Å². The van der Waals surface area contributed by atoms with E-state index in [0.29, 0.717) is 11.4 Å². The standard InChI is InChI=1S/C20H17F4N7O2/c1-11(18(32)33)28-17-16(21)10-26-19(30-17)31-27-9-14-5-6-15(8-25-14)29-13-4-2-3-12(7-13)20(22,23)24/h2-11,29H,1H3,(H,32,33)(H2,26,28,30,31)/b27-9+. The second-order valence-corrected chi connectivity index (χ2v) is 6.64. The molecule has 0 fully saturated rings. The molecule has 0 aliphatic heterocycles. The van der Waals surface area contributed by atoms with Crippen molar-refractivity contribution in [2.24, 2.45) is 5.10 Å². The van der Waals surface area contributed by atoms with Crippen molar-refractivity contribution in [2.75, 3.05) is 16.1 Å². The van der Waals surface area contributed by atoms with Gasteiger partial charge in [0.1, 0.15) is 6.04 Å². The van der Waals surface area contributed by atoms with Crippen LogP contribution in [-0.2, 0) is 11.0 Å². The summed E-state index contributed by atoms with van der Waals surface area (Å²) < 4.78 is 52.2. The summed E-state index contributed by atoms with van der Waals surface area (Å²) in [5.74, 6) is -2.41. The minimum Gasteiger partial charge on any atom is -0.480 e. The first-order valence-corrected chi connectivity index (χ1v) is 9.33. The number of carboxylic acid groups (broad SMARTS) is 1. The molecule has 0 amide bonds. The van der Waals surface area contributed by atoms with E-state index in [9.17, 15) is 22.4 Å². The van der Waals surface area contributed by atoms with Crippen LogP contribution in [0.5, 0.6) is 0 Å². The number of carboxylic acids is 1. The lowest BCUT2D eigenvalue weighted by Gasteiger charge is -2.11. The number of pyridine rings is 1. The number of carbonyl (C=O) groups is 1. The molecule has 1 unspecified atom stereocenters. The monoisotopic (exact) mass is 463 g/mol. The molecule has 9 nitrogen and oxygen atoms in total. The molecule has 1 aromatic carbocycles. The summed E-state index contributed by atoms with van der Waals surface area (Å²) >= 11 is 0. The first kappa shape index (κ1) is 23.4. The number of hydrogen-bond donors (Lipinski definition) is 4. The van der Waals surface area contributed by atoms with Crippen LogP contribution in [0.15, 0.2) is 53.9 Å². The largest absolute Gasteiger partial charge is 0.480 e. The third kappa shape index (κ3) is 6.59. The number of aliphatic carboxylic acids is 1. The minimum atomic E-state index is -4.44. The molecule has 13 heteroatoms. The average molecular weight is 463 g/mol. The maximum Gasteiger partial charge on any atom is 0.416 e. The maximum atomic E-state index is 13.7. The summed E-state index contributed by atoms with van der Waals surface area (Å²) in [6.45, 7) is 1.33. The van der Waals surface area contributed by atoms with Crippen LogP contribution in [0, 0.1) is 5.82 Å². The van der Waals surface area contributed by atoms with Gasteiger partial charge in [0.25, 0.3) is 0 Å². The Labute approximate surface area is 184 Å². The van der Waals surface area contributed by atoms with Crippen LogP contribution in [0.4, 0.5) is 40.7 Å². The minimum absolute atomic E-state index is 0.0874. The average Bonchev–Trinajstić information content (AvgIpc) is 2.76. The van der Waals surface area contributed by atoms with Crippen LogP contribution in [0.25, 0.3) is 0 Å². The van der Waals surface area contributed by atoms with Crippen LogP contribution in [0.3, 0.4) is 0 Å². The molecule has 0 spiro atoms. The molecular weight excluding hydrogens is 446 g/mol. The van der Waals surface area contributed by atoms with Crippen LogP contribution < -0.4 is 16.1 Å². The number of nitrogens with one attached hydrogen (secondary N) is 3. The number of hydrogen-bond acceptors (Lipinski definition) is 8. The smallest absolute Gasteiger partial charge is 0.416 e. The lowest BCUT2D eigenvalue weighted by molar-refractivity contribution is -0.138. The van der Waals surface area contributed by atoms with Crippen LogP contribution >= 0.6 is 0 Å². The van der Waals surface area contributed by atoms with Crippen LogP contribution in [-0.4, -0.2) is 38.3 Å². The number of hydrazone groups is 1. The zero-order valence-corrected chi connectivity index (χ0v) is 16.9. The van der Waals surface area contributed by atoms with E-state index in [0.717, 1.165) is 18.3 Å². The molecule has 1 atom stereocenters. The Balaban J connectivity index is 1.61. The van der Waals surface area contributed by atoms with Crippen molar-refractivity contribution in [3.05, 3.63) is 65.9 Å². The Bertz CT molecular complexity index is 1150. The van der Waals surface area contributed by atoms with Gasteiger partial charge in [0.2, 0.25) is 5.95 Å². The number of aromatic nitrogens is 3. The molecule has 0 saturated carbocycles. The van der Waals surface area contributed by atoms with E-state index >= 15 is 0 Å². The zero-order valence-electron chi connectivity index (χ0n) is 16.9. The molecule has 172 valence electrons. The summed E-state index contributed by atoms with van der Waals surface area (Å²) in [7, 11) is 0. The number of benzene rings is 1. The summed E-state index contributed by atoms with van der Waals surface area (Å²) in [5.41, 5.74) is 2.82. The fraction of sp³-hybridized carbons (Fsp3) is 0.150. The van der Waals surface area contributed by atoms with Gasteiger partial charge in [-0.05, 0) is 37.3 Å². The van der Waals surface area contributed by atoms with Gasteiger partial charge in [-0.3, -0.25) is 9.78 Å². The second kappa shape index (κ2) is 9.89. The molecule has 2 aromatic heterocycles. The van der Waals surface area contributed by atoms with E-state index in [1.165, 1.54) is 31.5 Å². The van der Waals surface area contributed by atoms with Crippen molar-refractivity contribution in [3.8, 4) is 0 Å². The van der Waals surface area contributed by atoms with Crippen molar-refractivity contribution >= 4 is 35.3 Å². The Kier molecular flexibility index (Phi) is 7.00. The van der Waals surface area contributed by atoms with Gasteiger partial charge in [-0.2, -0.15) is 23.3 Å². The van der Waals surface area contributed by atoms with Crippen molar-refractivity contribution in [1.29, 1.82) is 0 Å². The van der Waals surface area contributed by atoms with Gasteiger partial charge >= 0.3 is 12.1 Å². The molecule has 4 N–H and O–H groups in total. The Morgan fingerprint density at radius 2 is 1.94 bits per heavy atom. The van der Waals surface area contributed by atoms with E-state index in [4.69, 9.17) is 5.11 Å². The fourth-order valence-corrected chi connectivity index (χ4v) is 2.44. The normalized spacial score (nSPS) is 12.4. The molecule has 3 rings (SSSR count). The Morgan fingerprint density at radius 1 is 1.15 bits per heavy atom. The highest BCUT2D eigenvalue weighted by molar-refractivity contribution is 5.78. The van der Waals surface area contributed by atoms with E-state index < -0.39 is 29.6 Å². The van der Waals surface area contributed by atoms with E-state index in [2.05, 4.69) is 36.1 Å². The zero-order chi connectivity index (χ0) is 24.0. The van der Waals surface area contributed by atoms with Gasteiger partial charge in [-0.25, -0.2) is 14.8 Å². The molecule has 0 bridgehead atoms. The van der Waals surface area contributed by atoms with Crippen molar-refractivity contribution in [2.45, 2.75) is 19.1 Å². The summed E-state index contributed by atoms with van der Waals surface area (Å²) in [6, 6.07) is 6.85. The maximum absolute atomic E-state index is 13.7. The predicted molar refractivity (Wildman–Crippen MR) is 113 cm³/mol. The number of alkyl halides is 3. The summed E-state index contributed by atoms with van der Waals surface area (Å²) in [6.07, 6.45) is -0.865. The Hall–Kier alpha value is -4.29. The lowest BCUT2D eigenvalue weighted by Crippen LogP contribution is -2.26. The molecule has 0 aliphatic carbocycles. The van der Waals surface area contributed by atoms with Crippen molar-refractivity contribution in [1.82, 2.24) is 15.0 Å². The quantitative estimate of drug-likeness (QED) is 0.224. The number of halogens is 4. The van der Waals surface area contributed by atoms with Gasteiger partial charge in [0.15, 0.2) is 11.6 Å². The van der Waals surface area contributed by atoms with Crippen LogP contribution in [0.1, 0.15) is 18.2 Å². The highest BCUT2D eigenvalue weighted by atomic mass is 19.4. The number of anilines is 4. The lowest BCUT2D eigenvalue weighted by atomic mass is 10.2.